The standard InChI is InChI=1S/C16H21N3/c1-11-4-5-14-10-12(2)16(18-15(14)13(11)3)19-8-6-17-7-9-19/h4-5,10,17H,6-9H2,1-3H3. The number of benzene rings is 1. The second-order valence-corrected chi connectivity index (χ2v) is 5.45. The molecular formula is C16H21N3. The Morgan fingerprint density at radius 3 is 2.53 bits per heavy atom. The number of piperazine rings is 1. The molecule has 0 radical (unpaired) electrons. The molecule has 3 nitrogen and oxygen atoms in total. The van der Waals surface area contributed by atoms with Crippen molar-refractivity contribution < 1.29 is 0 Å². The van der Waals surface area contributed by atoms with Gasteiger partial charge in [-0.05, 0) is 43.5 Å². The van der Waals surface area contributed by atoms with E-state index in [0.717, 1.165) is 37.5 Å². The van der Waals surface area contributed by atoms with Crippen molar-refractivity contribution in [3.63, 3.8) is 0 Å². The van der Waals surface area contributed by atoms with E-state index in [2.05, 4.69) is 49.2 Å². The molecule has 100 valence electrons. The van der Waals surface area contributed by atoms with Gasteiger partial charge in [0.2, 0.25) is 0 Å². The molecule has 1 saturated heterocycles. The van der Waals surface area contributed by atoms with Crippen LogP contribution in [0.15, 0.2) is 18.2 Å². The van der Waals surface area contributed by atoms with E-state index in [1.54, 1.807) is 0 Å². The highest BCUT2D eigenvalue weighted by Gasteiger charge is 2.15. The van der Waals surface area contributed by atoms with Gasteiger partial charge in [0.1, 0.15) is 5.82 Å². The Labute approximate surface area is 114 Å². The SMILES string of the molecule is Cc1cc2ccc(C)c(C)c2nc1N1CCNCC1. The summed E-state index contributed by atoms with van der Waals surface area (Å²) in [5, 5.41) is 4.64. The van der Waals surface area contributed by atoms with Crippen LogP contribution in [0.25, 0.3) is 10.9 Å². The van der Waals surface area contributed by atoms with Gasteiger partial charge in [-0.1, -0.05) is 12.1 Å². The van der Waals surface area contributed by atoms with Crippen molar-refractivity contribution in [3.8, 4) is 0 Å². The number of fused-ring (bicyclic) bond motifs is 1. The van der Waals surface area contributed by atoms with Gasteiger partial charge < -0.3 is 10.2 Å². The molecule has 19 heavy (non-hydrogen) atoms. The van der Waals surface area contributed by atoms with Gasteiger partial charge in [0.05, 0.1) is 5.52 Å². The van der Waals surface area contributed by atoms with E-state index in [0.29, 0.717) is 0 Å². The van der Waals surface area contributed by atoms with Gasteiger partial charge in [-0.2, -0.15) is 0 Å². The minimum atomic E-state index is 1.05. The molecule has 0 aliphatic carbocycles. The smallest absolute Gasteiger partial charge is 0.132 e. The molecule has 0 atom stereocenters. The molecule has 1 N–H and O–H groups in total. The molecule has 0 amide bonds. The van der Waals surface area contributed by atoms with Gasteiger partial charge in [-0.25, -0.2) is 4.98 Å². The maximum atomic E-state index is 4.96. The first kappa shape index (κ1) is 12.4. The minimum Gasteiger partial charge on any atom is -0.354 e. The fourth-order valence-electron chi connectivity index (χ4n) is 2.78. The molecule has 3 rings (SSSR count). The predicted octanol–water partition coefficient (Wildman–Crippen LogP) is 2.57. The van der Waals surface area contributed by atoms with Crippen molar-refractivity contribution >= 4 is 16.7 Å². The van der Waals surface area contributed by atoms with E-state index >= 15 is 0 Å². The minimum absolute atomic E-state index is 1.05. The summed E-state index contributed by atoms with van der Waals surface area (Å²) in [7, 11) is 0. The highest BCUT2D eigenvalue weighted by molar-refractivity contribution is 5.85. The molecule has 0 unspecified atom stereocenters. The zero-order chi connectivity index (χ0) is 13.4. The molecule has 1 fully saturated rings. The van der Waals surface area contributed by atoms with Crippen LogP contribution in [-0.4, -0.2) is 31.2 Å². The van der Waals surface area contributed by atoms with Crippen LogP contribution in [0.1, 0.15) is 16.7 Å². The van der Waals surface area contributed by atoms with Gasteiger partial charge in [0, 0.05) is 31.6 Å². The van der Waals surface area contributed by atoms with Crippen molar-refractivity contribution in [3.05, 3.63) is 34.9 Å². The number of hydrogen-bond acceptors (Lipinski definition) is 3. The van der Waals surface area contributed by atoms with Gasteiger partial charge in [-0.3, -0.25) is 0 Å². The van der Waals surface area contributed by atoms with Gasteiger partial charge in [0.25, 0.3) is 0 Å². The van der Waals surface area contributed by atoms with E-state index in [9.17, 15) is 0 Å². The average molecular weight is 255 g/mol. The summed E-state index contributed by atoms with van der Waals surface area (Å²) < 4.78 is 0. The molecule has 1 aliphatic rings. The summed E-state index contributed by atoms with van der Waals surface area (Å²) in [5.74, 6) is 1.16. The molecule has 1 aliphatic heterocycles. The lowest BCUT2D eigenvalue weighted by atomic mass is 10.0. The van der Waals surface area contributed by atoms with Crippen LogP contribution in [0.3, 0.4) is 0 Å². The lowest BCUT2D eigenvalue weighted by molar-refractivity contribution is 0.584. The van der Waals surface area contributed by atoms with E-state index < -0.39 is 0 Å². The topological polar surface area (TPSA) is 28.2 Å². The van der Waals surface area contributed by atoms with E-state index in [-0.39, 0.29) is 0 Å². The van der Waals surface area contributed by atoms with Crippen LogP contribution >= 0.6 is 0 Å². The van der Waals surface area contributed by atoms with Gasteiger partial charge >= 0.3 is 0 Å². The average Bonchev–Trinajstić information content (AvgIpc) is 2.44. The summed E-state index contributed by atoms with van der Waals surface area (Å²) in [4.78, 5) is 7.35. The second-order valence-electron chi connectivity index (χ2n) is 5.45. The fourth-order valence-corrected chi connectivity index (χ4v) is 2.78. The first-order chi connectivity index (χ1) is 9.16. The summed E-state index contributed by atoms with van der Waals surface area (Å²) in [6, 6.07) is 6.63. The highest BCUT2D eigenvalue weighted by atomic mass is 15.2. The van der Waals surface area contributed by atoms with E-state index in [1.165, 1.54) is 22.1 Å². The van der Waals surface area contributed by atoms with E-state index in [4.69, 9.17) is 4.98 Å². The lowest BCUT2D eigenvalue weighted by Gasteiger charge is -2.30. The van der Waals surface area contributed by atoms with Crippen LogP contribution in [0, 0.1) is 20.8 Å². The number of aromatic nitrogens is 1. The molecular weight excluding hydrogens is 234 g/mol. The summed E-state index contributed by atoms with van der Waals surface area (Å²) in [6.07, 6.45) is 0. The van der Waals surface area contributed by atoms with Crippen molar-refractivity contribution in [2.24, 2.45) is 0 Å². The largest absolute Gasteiger partial charge is 0.354 e. The molecule has 0 spiro atoms. The summed E-state index contributed by atoms with van der Waals surface area (Å²) >= 11 is 0. The summed E-state index contributed by atoms with van der Waals surface area (Å²) in [5.41, 5.74) is 5.04. The third-order valence-electron chi connectivity index (χ3n) is 4.09. The number of aryl methyl sites for hydroxylation is 3. The normalized spacial score (nSPS) is 16.1. The predicted molar refractivity (Wildman–Crippen MR) is 81.0 cm³/mol. The number of rotatable bonds is 1. The van der Waals surface area contributed by atoms with Crippen molar-refractivity contribution in [2.45, 2.75) is 20.8 Å². The number of nitrogens with zero attached hydrogens (tertiary/aromatic N) is 2. The van der Waals surface area contributed by atoms with Crippen molar-refractivity contribution in [1.29, 1.82) is 0 Å². The molecule has 0 bridgehead atoms. The highest BCUT2D eigenvalue weighted by Crippen LogP contribution is 2.26. The van der Waals surface area contributed by atoms with Crippen LogP contribution in [0.4, 0.5) is 5.82 Å². The van der Waals surface area contributed by atoms with Crippen LogP contribution in [0.2, 0.25) is 0 Å². The number of anilines is 1. The Bertz CT molecular complexity index is 613. The lowest BCUT2D eigenvalue weighted by Crippen LogP contribution is -2.44. The fraction of sp³-hybridized carbons (Fsp3) is 0.438. The van der Waals surface area contributed by atoms with Crippen LogP contribution in [0.5, 0.6) is 0 Å². The molecule has 1 aromatic heterocycles. The molecule has 2 aromatic rings. The molecule has 2 heterocycles. The first-order valence-electron chi connectivity index (χ1n) is 7.00. The van der Waals surface area contributed by atoms with Crippen molar-refractivity contribution in [2.75, 3.05) is 31.1 Å². The Morgan fingerprint density at radius 2 is 1.79 bits per heavy atom. The molecule has 3 heteroatoms. The van der Waals surface area contributed by atoms with Crippen molar-refractivity contribution in [1.82, 2.24) is 10.3 Å². The van der Waals surface area contributed by atoms with E-state index in [1.807, 2.05) is 0 Å². The quantitative estimate of drug-likeness (QED) is 0.849. The Kier molecular flexibility index (Phi) is 3.15. The van der Waals surface area contributed by atoms with Crippen LogP contribution in [-0.2, 0) is 0 Å². The monoisotopic (exact) mass is 255 g/mol. The van der Waals surface area contributed by atoms with Gasteiger partial charge in [0.15, 0.2) is 0 Å². The Hall–Kier alpha value is -1.61. The number of hydrogen-bond donors (Lipinski definition) is 1. The zero-order valence-corrected chi connectivity index (χ0v) is 12.0. The third kappa shape index (κ3) is 2.19. The molecule has 1 aromatic carbocycles. The third-order valence-corrected chi connectivity index (χ3v) is 4.09. The maximum Gasteiger partial charge on any atom is 0.132 e. The summed E-state index contributed by atoms with van der Waals surface area (Å²) in [6.45, 7) is 10.7. The maximum absolute atomic E-state index is 4.96. The zero-order valence-electron chi connectivity index (χ0n) is 12.0. The number of pyridine rings is 1. The van der Waals surface area contributed by atoms with Gasteiger partial charge in [-0.15, -0.1) is 0 Å². The number of nitrogens with one attached hydrogen (secondary N) is 1. The Morgan fingerprint density at radius 1 is 1.05 bits per heavy atom. The van der Waals surface area contributed by atoms with Crippen LogP contribution < -0.4 is 10.2 Å². The first-order valence-corrected chi connectivity index (χ1v) is 7.00. The molecule has 0 saturated carbocycles. The Balaban J connectivity index is 2.14. The second kappa shape index (κ2) is 4.82.